The third-order valence-electron chi connectivity index (χ3n) is 3.33. The Morgan fingerprint density at radius 3 is 2.94 bits per heavy atom. The van der Waals surface area contributed by atoms with Crippen LogP contribution in [0.1, 0.15) is 24.0 Å². The summed E-state index contributed by atoms with van der Waals surface area (Å²) in [5.74, 6) is 0.171. The monoisotopic (exact) mass is 216 g/mol. The van der Waals surface area contributed by atoms with Crippen LogP contribution in [0, 0.1) is 5.41 Å². The van der Waals surface area contributed by atoms with E-state index < -0.39 is 11.7 Å². The van der Waals surface area contributed by atoms with Gasteiger partial charge in [0.05, 0.1) is 0 Å². The predicted molar refractivity (Wildman–Crippen MR) is 58.4 cm³/mol. The van der Waals surface area contributed by atoms with Crippen LogP contribution in [-0.4, -0.2) is 11.9 Å². The van der Waals surface area contributed by atoms with Gasteiger partial charge in [-0.2, -0.15) is 0 Å². The van der Waals surface area contributed by atoms with Gasteiger partial charge in [-0.15, -0.1) is 0 Å². The number of hydrogen-bond donors (Lipinski definition) is 2. The van der Waals surface area contributed by atoms with E-state index in [0.717, 1.165) is 18.4 Å². The number of hydrogen-bond acceptors (Lipinski definition) is 3. The molecule has 16 heavy (non-hydrogen) atoms. The third-order valence-corrected chi connectivity index (χ3v) is 3.33. The number of alkyl carbamates (subject to hydrolysis) is 1. The van der Waals surface area contributed by atoms with Crippen LogP contribution < -0.4 is 5.32 Å². The quantitative estimate of drug-likeness (QED) is 0.696. The summed E-state index contributed by atoms with van der Waals surface area (Å²) in [4.78, 5) is 11.3. The number of carbonyl (C=O) groups is 1. The normalized spacial score (nSPS) is 27.5. The Morgan fingerprint density at radius 1 is 1.38 bits per heavy atom. The summed E-state index contributed by atoms with van der Waals surface area (Å²) in [5, 5.41) is 10.3. The zero-order valence-electron chi connectivity index (χ0n) is 8.75. The Morgan fingerprint density at radius 2 is 2.19 bits per heavy atom. The van der Waals surface area contributed by atoms with E-state index >= 15 is 0 Å². The van der Waals surface area contributed by atoms with Crippen molar-refractivity contribution in [2.75, 3.05) is 0 Å². The molecule has 82 valence electrons. The summed E-state index contributed by atoms with van der Waals surface area (Å²) in [6, 6.07) is 7.88. The molecule has 3 rings (SSSR count). The SMILES string of the molecule is N=C1NC(=O)O[C@@]12CCCc1ccccc12. The molecule has 4 nitrogen and oxygen atoms in total. The van der Waals surface area contributed by atoms with E-state index in [4.69, 9.17) is 10.1 Å². The second kappa shape index (κ2) is 3.07. The van der Waals surface area contributed by atoms with Gasteiger partial charge in [-0.1, -0.05) is 24.3 Å². The molecule has 0 radical (unpaired) electrons. The molecule has 2 N–H and O–H groups in total. The number of carbonyl (C=O) groups excluding carboxylic acids is 1. The number of rotatable bonds is 0. The topological polar surface area (TPSA) is 62.2 Å². The zero-order chi connectivity index (χ0) is 11.2. The lowest BCUT2D eigenvalue weighted by Crippen LogP contribution is -2.39. The van der Waals surface area contributed by atoms with Crippen LogP contribution in [0.25, 0.3) is 0 Å². The van der Waals surface area contributed by atoms with Gasteiger partial charge in [-0.3, -0.25) is 10.7 Å². The van der Waals surface area contributed by atoms with E-state index in [2.05, 4.69) is 5.32 Å². The molecule has 2 aliphatic rings. The first-order chi connectivity index (χ1) is 7.72. The van der Waals surface area contributed by atoms with Crippen LogP contribution in [0.3, 0.4) is 0 Å². The first kappa shape index (κ1) is 9.39. The van der Waals surface area contributed by atoms with Crippen molar-refractivity contribution >= 4 is 11.9 Å². The highest BCUT2D eigenvalue weighted by atomic mass is 16.6. The standard InChI is InChI=1S/C12H12N2O2/c13-10-12(16-11(15)14-10)7-3-5-8-4-1-2-6-9(8)12/h1-2,4,6H,3,5,7H2,(H2,13,14,15)/t12-/m1/s1. The fourth-order valence-corrected chi connectivity index (χ4v) is 2.60. The van der Waals surface area contributed by atoms with E-state index in [9.17, 15) is 4.79 Å². The Kier molecular flexibility index (Phi) is 1.80. The highest BCUT2D eigenvalue weighted by Crippen LogP contribution is 2.41. The third kappa shape index (κ3) is 1.10. The highest BCUT2D eigenvalue weighted by molar-refractivity contribution is 6.05. The van der Waals surface area contributed by atoms with Gasteiger partial charge in [0.2, 0.25) is 0 Å². The molecule has 1 aliphatic heterocycles. The first-order valence-electron chi connectivity index (χ1n) is 5.40. The average Bonchev–Trinajstić information content (AvgIpc) is 2.55. The summed E-state index contributed by atoms with van der Waals surface area (Å²) in [5.41, 5.74) is 1.30. The largest absolute Gasteiger partial charge is 0.430 e. The number of aryl methyl sites for hydroxylation is 1. The minimum Gasteiger partial charge on any atom is -0.430 e. The first-order valence-corrected chi connectivity index (χ1v) is 5.40. The molecule has 1 aliphatic carbocycles. The van der Waals surface area contributed by atoms with Gasteiger partial charge in [-0.25, -0.2) is 4.79 Å². The lowest BCUT2D eigenvalue weighted by molar-refractivity contribution is 0.0699. The number of nitrogens with one attached hydrogen (secondary N) is 2. The molecule has 1 aromatic rings. The summed E-state index contributed by atoms with van der Waals surface area (Å²) in [7, 11) is 0. The summed E-state index contributed by atoms with van der Waals surface area (Å²) < 4.78 is 5.35. The van der Waals surface area contributed by atoms with Crippen molar-refractivity contribution in [2.24, 2.45) is 0 Å². The van der Waals surface area contributed by atoms with Gasteiger partial charge in [0, 0.05) is 5.56 Å². The van der Waals surface area contributed by atoms with Gasteiger partial charge in [0.1, 0.15) is 0 Å². The molecule has 1 aromatic carbocycles. The molecule has 0 bridgehead atoms. The fourth-order valence-electron chi connectivity index (χ4n) is 2.60. The summed E-state index contributed by atoms with van der Waals surface area (Å²) in [6.45, 7) is 0. The molecule has 0 saturated carbocycles. The van der Waals surface area contributed by atoms with Gasteiger partial charge < -0.3 is 4.74 Å². The number of ether oxygens (including phenoxy) is 1. The van der Waals surface area contributed by atoms with E-state index in [1.54, 1.807) is 0 Å². The lowest BCUT2D eigenvalue weighted by Gasteiger charge is -2.32. The number of benzene rings is 1. The van der Waals surface area contributed by atoms with Crippen LogP contribution in [0.2, 0.25) is 0 Å². The van der Waals surface area contributed by atoms with Crippen molar-refractivity contribution in [3.05, 3.63) is 35.4 Å². The number of amidine groups is 1. The molecular formula is C12H12N2O2. The van der Waals surface area contributed by atoms with E-state index in [-0.39, 0.29) is 5.84 Å². The molecule has 4 heteroatoms. The Bertz CT molecular complexity index is 484. The van der Waals surface area contributed by atoms with Crippen LogP contribution in [-0.2, 0) is 16.8 Å². The second-order valence-electron chi connectivity index (χ2n) is 4.23. The minimum atomic E-state index is -0.841. The maximum absolute atomic E-state index is 11.3. The zero-order valence-corrected chi connectivity index (χ0v) is 8.75. The van der Waals surface area contributed by atoms with E-state index in [1.165, 1.54) is 5.56 Å². The van der Waals surface area contributed by atoms with Crippen LogP contribution in [0.5, 0.6) is 0 Å². The molecule has 1 atom stereocenters. The number of fused-ring (bicyclic) bond motifs is 2. The maximum atomic E-state index is 11.3. The second-order valence-corrected chi connectivity index (χ2v) is 4.23. The van der Waals surface area contributed by atoms with E-state index in [1.807, 2.05) is 24.3 Å². The molecule has 1 amide bonds. The van der Waals surface area contributed by atoms with Crippen molar-refractivity contribution in [3.8, 4) is 0 Å². The fraction of sp³-hybridized carbons (Fsp3) is 0.333. The minimum absolute atomic E-state index is 0.171. The predicted octanol–water partition coefficient (Wildman–Crippen LogP) is 1.94. The summed E-state index contributed by atoms with van der Waals surface area (Å²) in [6.07, 6.45) is 2.11. The van der Waals surface area contributed by atoms with Gasteiger partial charge in [0.25, 0.3) is 0 Å². The van der Waals surface area contributed by atoms with Gasteiger partial charge >= 0.3 is 6.09 Å². The molecular weight excluding hydrogens is 204 g/mol. The Hall–Kier alpha value is -1.84. The molecule has 1 heterocycles. The van der Waals surface area contributed by atoms with Gasteiger partial charge in [0.15, 0.2) is 11.4 Å². The Balaban J connectivity index is 2.17. The summed E-state index contributed by atoms with van der Waals surface area (Å²) >= 11 is 0. The molecule has 1 spiro atoms. The van der Waals surface area contributed by atoms with Crippen molar-refractivity contribution < 1.29 is 9.53 Å². The molecule has 1 fully saturated rings. The van der Waals surface area contributed by atoms with Crippen molar-refractivity contribution in [1.29, 1.82) is 5.41 Å². The van der Waals surface area contributed by atoms with Crippen LogP contribution in [0.15, 0.2) is 24.3 Å². The van der Waals surface area contributed by atoms with Crippen LogP contribution in [0.4, 0.5) is 4.79 Å². The number of amides is 1. The van der Waals surface area contributed by atoms with E-state index in [0.29, 0.717) is 6.42 Å². The van der Waals surface area contributed by atoms with Crippen LogP contribution >= 0.6 is 0 Å². The van der Waals surface area contributed by atoms with Crippen molar-refractivity contribution in [2.45, 2.75) is 24.9 Å². The molecule has 0 aromatic heterocycles. The highest BCUT2D eigenvalue weighted by Gasteiger charge is 2.49. The average molecular weight is 216 g/mol. The smallest absolute Gasteiger partial charge is 0.414 e. The lowest BCUT2D eigenvalue weighted by atomic mass is 9.78. The van der Waals surface area contributed by atoms with Crippen molar-refractivity contribution in [3.63, 3.8) is 0 Å². The molecule has 1 saturated heterocycles. The van der Waals surface area contributed by atoms with Gasteiger partial charge in [-0.05, 0) is 24.8 Å². The van der Waals surface area contributed by atoms with Crippen molar-refractivity contribution in [1.82, 2.24) is 5.32 Å². The molecule has 0 unspecified atom stereocenters. The Labute approximate surface area is 93.1 Å². The maximum Gasteiger partial charge on any atom is 0.414 e.